The van der Waals surface area contributed by atoms with E-state index in [9.17, 15) is 0 Å². The Morgan fingerprint density at radius 3 is 2.50 bits per heavy atom. The molecule has 0 unspecified atom stereocenters. The van der Waals surface area contributed by atoms with Gasteiger partial charge in [0.2, 0.25) is 0 Å². The average molecular weight is 473 g/mol. The van der Waals surface area contributed by atoms with E-state index >= 15 is 0 Å². The third kappa shape index (κ3) is 1.54. The molecule has 2 aromatic heterocycles. The lowest BCUT2D eigenvalue weighted by atomic mass is 10.2. The first-order chi connectivity index (χ1) is 7.58. The molecule has 1 N–H and O–H groups in total. The number of halogens is 4. The second-order valence-electron chi connectivity index (χ2n) is 3.32. The number of aromatic amines is 1. The normalized spacial score (nSPS) is 11.8. The molecule has 2 nitrogen and oxygen atoms in total. The molecule has 0 aliphatic heterocycles. The van der Waals surface area contributed by atoms with Crippen molar-refractivity contribution in [3.8, 4) is 0 Å². The predicted molar refractivity (Wildman–Crippen MR) is 78.9 cm³/mol. The summed E-state index contributed by atoms with van der Waals surface area (Å²) in [5.74, 6) is 0. The van der Waals surface area contributed by atoms with Crippen LogP contribution < -0.4 is 0 Å². The summed E-state index contributed by atoms with van der Waals surface area (Å²) >= 11 is 13.9. The number of aromatic nitrogens is 1. The van der Waals surface area contributed by atoms with Crippen LogP contribution >= 0.6 is 63.7 Å². The van der Waals surface area contributed by atoms with Crippen LogP contribution in [0.25, 0.3) is 22.1 Å². The molecule has 16 heavy (non-hydrogen) atoms. The smallest absolute Gasteiger partial charge is 0.168 e. The van der Waals surface area contributed by atoms with Gasteiger partial charge in [0, 0.05) is 9.86 Å². The van der Waals surface area contributed by atoms with E-state index < -0.39 is 0 Å². The fraction of sp³-hybridized carbons (Fsp3) is 0. The Kier molecular flexibility index (Phi) is 2.73. The van der Waals surface area contributed by atoms with Crippen molar-refractivity contribution >= 4 is 85.8 Å². The molecule has 0 saturated carbocycles. The zero-order valence-electron chi connectivity index (χ0n) is 7.57. The van der Waals surface area contributed by atoms with Crippen LogP contribution in [0.2, 0.25) is 0 Å². The number of hydrogen-bond donors (Lipinski definition) is 1. The summed E-state index contributed by atoms with van der Waals surface area (Å²) in [5, 5.41) is 1.04. The Balaban J connectivity index is 2.58. The Morgan fingerprint density at radius 1 is 1.00 bits per heavy atom. The van der Waals surface area contributed by atoms with E-state index in [2.05, 4.69) is 68.7 Å². The summed E-state index contributed by atoms with van der Waals surface area (Å²) in [6.45, 7) is 0. The van der Waals surface area contributed by atoms with E-state index in [4.69, 9.17) is 4.42 Å². The van der Waals surface area contributed by atoms with Gasteiger partial charge in [0.25, 0.3) is 0 Å². The molecule has 3 rings (SSSR count). The van der Waals surface area contributed by atoms with E-state index in [-0.39, 0.29) is 0 Å². The second kappa shape index (κ2) is 3.86. The van der Waals surface area contributed by atoms with Crippen molar-refractivity contribution < 1.29 is 4.42 Å². The van der Waals surface area contributed by atoms with Gasteiger partial charge in [0.15, 0.2) is 11.2 Å². The standard InChI is InChI=1S/C10H3Br4NO/c11-3-1-4-7-9(6(13)10(14)15-7)16-8(4)5(12)2-3/h1-2,15H. The Morgan fingerprint density at radius 2 is 1.75 bits per heavy atom. The molecular weight excluding hydrogens is 470 g/mol. The summed E-state index contributed by atoms with van der Waals surface area (Å²) in [5.41, 5.74) is 2.65. The molecule has 3 aromatic rings. The van der Waals surface area contributed by atoms with E-state index in [1.165, 1.54) is 0 Å². The van der Waals surface area contributed by atoms with Gasteiger partial charge >= 0.3 is 0 Å². The fourth-order valence-electron chi connectivity index (χ4n) is 1.67. The lowest BCUT2D eigenvalue weighted by molar-refractivity contribution is 0.665. The Labute approximate surface area is 124 Å². The van der Waals surface area contributed by atoms with Gasteiger partial charge in [0.05, 0.1) is 14.5 Å². The largest absolute Gasteiger partial charge is 0.452 e. The van der Waals surface area contributed by atoms with Crippen molar-refractivity contribution in [2.24, 2.45) is 0 Å². The Hall–Kier alpha value is 0.220. The van der Waals surface area contributed by atoms with Gasteiger partial charge in [-0.1, -0.05) is 15.9 Å². The molecule has 0 atom stereocenters. The minimum absolute atomic E-state index is 0.820. The molecule has 0 fully saturated rings. The molecule has 0 spiro atoms. The number of nitrogens with one attached hydrogen (secondary N) is 1. The van der Waals surface area contributed by atoms with Crippen LogP contribution in [-0.4, -0.2) is 4.98 Å². The molecule has 6 heteroatoms. The number of furan rings is 1. The van der Waals surface area contributed by atoms with Crippen molar-refractivity contribution in [2.45, 2.75) is 0 Å². The molecule has 0 bridgehead atoms. The molecule has 0 saturated heterocycles. The number of hydrogen-bond acceptors (Lipinski definition) is 1. The van der Waals surface area contributed by atoms with Crippen molar-refractivity contribution in [3.63, 3.8) is 0 Å². The molecule has 0 aliphatic rings. The maximum absolute atomic E-state index is 5.81. The first kappa shape index (κ1) is 11.3. The second-order valence-corrected chi connectivity index (χ2v) is 6.68. The summed E-state index contributed by atoms with van der Waals surface area (Å²) in [4.78, 5) is 3.24. The average Bonchev–Trinajstić information content (AvgIpc) is 2.68. The summed E-state index contributed by atoms with van der Waals surface area (Å²) in [6, 6.07) is 4.00. The van der Waals surface area contributed by atoms with Gasteiger partial charge < -0.3 is 9.40 Å². The van der Waals surface area contributed by atoms with Crippen LogP contribution in [0.3, 0.4) is 0 Å². The maximum atomic E-state index is 5.81. The van der Waals surface area contributed by atoms with Gasteiger partial charge in [-0.15, -0.1) is 0 Å². The van der Waals surface area contributed by atoms with Crippen molar-refractivity contribution in [1.29, 1.82) is 0 Å². The minimum Gasteiger partial charge on any atom is -0.452 e. The third-order valence-electron chi connectivity index (χ3n) is 2.34. The highest BCUT2D eigenvalue weighted by molar-refractivity contribution is 9.13. The van der Waals surface area contributed by atoms with Gasteiger partial charge in [-0.3, -0.25) is 0 Å². The first-order valence-corrected chi connectivity index (χ1v) is 7.49. The number of H-pyrrole nitrogens is 1. The third-order valence-corrected chi connectivity index (χ3v) is 5.27. The summed E-state index contributed by atoms with van der Waals surface area (Å²) < 4.78 is 9.55. The fourth-order valence-corrected chi connectivity index (χ4v) is 3.73. The van der Waals surface area contributed by atoms with Gasteiger partial charge in [-0.25, -0.2) is 0 Å². The number of fused-ring (bicyclic) bond motifs is 3. The predicted octanol–water partition coefficient (Wildman–Crippen LogP) is 5.96. The molecule has 0 aliphatic carbocycles. The van der Waals surface area contributed by atoms with E-state index in [1.54, 1.807) is 0 Å². The van der Waals surface area contributed by atoms with E-state index in [0.29, 0.717) is 0 Å². The molecular formula is C10H3Br4NO. The first-order valence-electron chi connectivity index (χ1n) is 4.32. The van der Waals surface area contributed by atoms with E-state index in [1.807, 2.05) is 12.1 Å². The quantitative estimate of drug-likeness (QED) is 0.429. The van der Waals surface area contributed by atoms with Crippen LogP contribution in [0.1, 0.15) is 0 Å². The summed E-state index contributed by atoms with van der Waals surface area (Å²) in [6.07, 6.45) is 0. The molecule has 2 heterocycles. The lowest BCUT2D eigenvalue weighted by Crippen LogP contribution is -1.71. The van der Waals surface area contributed by atoms with Crippen molar-refractivity contribution in [2.75, 3.05) is 0 Å². The lowest BCUT2D eigenvalue weighted by Gasteiger charge is -1.95. The monoisotopic (exact) mass is 469 g/mol. The van der Waals surface area contributed by atoms with Crippen LogP contribution in [0.5, 0.6) is 0 Å². The highest BCUT2D eigenvalue weighted by Crippen LogP contribution is 2.41. The molecule has 1 aromatic carbocycles. The van der Waals surface area contributed by atoms with Gasteiger partial charge in [-0.05, 0) is 59.9 Å². The number of benzene rings is 1. The SMILES string of the molecule is Brc1cc(Br)c2oc3c(Br)c(Br)[nH]c3c2c1. The van der Waals surface area contributed by atoms with Gasteiger partial charge in [-0.2, -0.15) is 0 Å². The van der Waals surface area contributed by atoms with Crippen LogP contribution in [0.4, 0.5) is 0 Å². The molecule has 0 amide bonds. The van der Waals surface area contributed by atoms with E-state index in [0.717, 1.165) is 40.1 Å². The molecule has 0 radical (unpaired) electrons. The van der Waals surface area contributed by atoms with Crippen LogP contribution in [0, 0.1) is 0 Å². The zero-order chi connectivity index (χ0) is 11.4. The maximum Gasteiger partial charge on any atom is 0.168 e. The molecule has 82 valence electrons. The zero-order valence-corrected chi connectivity index (χ0v) is 13.9. The summed E-state index contributed by atoms with van der Waals surface area (Å²) in [7, 11) is 0. The number of rotatable bonds is 0. The Bertz CT molecular complexity index is 713. The van der Waals surface area contributed by atoms with Crippen LogP contribution in [-0.2, 0) is 0 Å². The van der Waals surface area contributed by atoms with Crippen molar-refractivity contribution in [3.05, 3.63) is 30.2 Å². The van der Waals surface area contributed by atoms with Crippen molar-refractivity contribution in [1.82, 2.24) is 4.98 Å². The highest BCUT2D eigenvalue weighted by atomic mass is 79.9. The van der Waals surface area contributed by atoms with Crippen LogP contribution in [0.15, 0.2) is 34.6 Å². The van der Waals surface area contributed by atoms with Gasteiger partial charge in [0.1, 0.15) is 4.60 Å². The minimum atomic E-state index is 0.820. The highest BCUT2D eigenvalue weighted by Gasteiger charge is 2.17. The topological polar surface area (TPSA) is 28.9 Å².